The third-order valence-electron chi connectivity index (χ3n) is 2.56. The number of halogens is 2. The number of hydrogen-bond acceptors (Lipinski definition) is 2. The van der Waals surface area contributed by atoms with Gasteiger partial charge in [0.2, 0.25) is 0 Å². The molecular formula is C13H12ClFN2O. The summed E-state index contributed by atoms with van der Waals surface area (Å²) in [5.41, 5.74) is 1.48. The van der Waals surface area contributed by atoms with E-state index < -0.39 is 5.82 Å². The maximum Gasteiger partial charge on any atom is 0.153 e. The standard InChI is InChI=1S/C13H12ClFN2O/c1-2-5-17-7-10(8-18)13(16-17)9-3-4-11(14)12(15)6-9/h3-4,6-8H,2,5H2,1H3. The first-order chi connectivity index (χ1) is 8.65. The number of hydrogen-bond donors (Lipinski definition) is 0. The summed E-state index contributed by atoms with van der Waals surface area (Å²) in [6, 6.07) is 4.39. The molecule has 0 bridgehead atoms. The van der Waals surface area contributed by atoms with Gasteiger partial charge in [0.1, 0.15) is 11.5 Å². The number of aromatic nitrogens is 2. The van der Waals surface area contributed by atoms with Gasteiger partial charge >= 0.3 is 0 Å². The molecule has 2 rings (SSSR count). The van der Waals surface area contributed by atoms with E-state index in [0.29, 0.717) is 16.8 Å². The molecule has 1 aromatic carbocycles. The first-order valence-electron chi connectivity index (χ1n) is 5.63. The Labute approximate surface area is 109 Å². The van der Waals surface area contributed by atoms with E-state index in [4.69, 9.17) is 11.6 Å². The van der Waals surface area contributed by atoms with Crippen LogP contribution in [0.4, 0.5) is 4.39 Å². The van der Waals surface area contributed by atoms with Crippen LogP contribution in [0.5, 0.6) is 0 Å². The highest BCUT2D eigenvalue weighted by molar-refractivity contribution is 6.30. The summed E-state index contributed by atoms with van der Waals surface area (Å²) in [6.07, 6.45) is 3.30. The van der Waals surface area contributed by atoms with Crippen molar-refractivity contribution >= 4 is 17.9 Å². The molecule has 0 amide bonds. The highest BCUT2D eigenvalue weighted by Gasteiger charge is 2.12. The van der Waals surface area contributed by atoms with Crippen molar-refractivity contribution < 1.29 is 9.18 Å². The predicted octanol–water partition coefficient (Wildman–Crippen LogP) is 3.57. The second-order valence-electron chi connectivity index (χ2n) is 3.94. The average molecular weight is 267 g/mol. The van der Waals surface area contributed by atoms with Gasteiger partial charge in [-0.2, -0.15) is 5.10 Å². The molecule has 0 unspecified atom stereocenters. The average Bonchev–Trinajstić information content (AvgIpc) is 2.76. The molecule has 1 aromatic heterocycles. The van der Waals surface area contributed by atoms with Crippen molar-refractivity contribution in [2.75, 3.05) is 0 Å². The molecule has 0 aliphatic rings. The van der Waals surface area contributed by atoms with Crippen LogP contribution < -0.4 is 0 Å². The molecule has 5 heteroatoms. The summed E-state index contributed by atoms with van der Waals surface area (Å²) in [4.78, 5) is 11.0. The molecule has 0 aliphatic carbocycles. The van der Waals surface area contributed by atoms with E-state index in [1.807, 2.05) is 6.92 Å². The van der Waals surface area contributed by atoms with Gasteiger partial charge in [-0.15, -0.1) is 0 Å². The highest BCUT2D eigenvalue weighted by Crippen LogP contribution is 2.25. The predicted molar refractivity (Wildman–Crippen MR) is 68.3 cm³/mol. The number of aldehydes is 1. The minimum absolute atomic E-state index is 0.0550. The zero-order chi connectivity index (χ0) is 13.1. The monoisotopic (exact) mass is 266 g/mol. The molecule has 0 saturated heterocycles. The molecule has 0 N–H and O–H groups in total. The SMILES string of the molecule is CCCn1cc(C=O)c(-c2ccc(Cl)c(F)c2)n1. The second-order valence-corrected chi connectivity index (χ2v) is 4.35. The van der Waals surface area contributed by atoms with Gasteiger partial charge in [0.15, 0.2) is 6.29 Å². The number of rotatable bonds is 4. The summed E-state index contributed by atoms with van der Waals surface area (Å²) in [6.45, 7) is 2.74. The van der Waals surface area contributed by atoms with E-state index in [1.54, 1.807) is 16.9 Å². The fourth-order valence-corrected chi connectivity index (χ4v) is 1.85. The van der Waals surface area contributed by atoms with E-state index in [-0.39, 0.29) is 5.02 Å². The molecule has 0 fully saturated rings. The Bertz CT molecular complexity index is 580. The third kappa shape index (κ3) is 2.43. The maximum absolute atomic E-state index is 13.4. The Kier molecular flexibility index (Phi) is 3.77. The minimum Gasteiger partial charge on any atom is -0.298 e. The van der Waals surface area contributed by atoms with Crippen molar-refractivity contribution in [1.29, 1.82) is 0 Å². The van der Waals surface area contributed by atoms with Gasteiger partial charge in [-0.1, -0.05) is 24.6 Å². The summed E-state index contributed by atoms with van der Waals surface area (Å²) in [5, 5.41) is 4.34. The second kappa shape index (κ2) is 5.31. The molecular weight excluding hydrogens is 255 g/mol. The zero-order valence-corrected chi connectivity index (χ0v) is 10.6. The topological polar surface area (TPSA) is 34.9 Å². The third-order valence-corrected chi connectivity index (χ3v) is 2.87. The van der Waals surface area contributed by atoms with Crippen molar-refractivity contribution in [1.82, 2.24) is 9.78 Å². The lowest BCUT2D eigenvalue weighted by atomic mass is 10.1. The van der Waals surface area contributed by atoms with Gasteiger partial charge in [0.05, 0.1) is 10.6 Å². The molecule has 0 radical (unpaired) electrons. The molecule has 0 atom stereocenters. The van der Waals surface area contributed by atoms with Crippen molar-refractivity contribution in [2.45, 2.75) is 19.9 Å². The molecule has 1 heterocycles. The lowest BCUT2D eigenvalue weighted by Crippen LogP contribution is -1.96. The van der Waals surface area contributed by atoms with Crippen molar-refractivity contribution in [2.24, 2.45) is 0 Å². The Morgan fingerprint density at radius 3 is 2.89 bits per heavy atom. The Morgan fingerprint density at radius 1 is 1.50 bits per heavy atom. The largest absolute Gasteiger partial charge is 0.298 e. The van der Waals surface area contributed by atoms with Gasteiger partial charge in [0.25, 0.3) is 0 Å². The van der Waals surface area contributed by atoms with E-state index in [9.17, 15) is 9.18 Å². The Balaban J connectivity index is 2.48. The van der Waals surface area contributed by atoms with E-state index in [0.717, 1.165) is 19.3 Å². The van der Waals surface area contributed by atoms with Crippen LogP contribution in [0.2, 0.25) is 5.02 Å². The summed E-state index contributed by atoms with van der Waals surface area (Å²) >= 11 is 5.63. The van der Waals surface area contributed by atoms with Gasteiger partial charge < -0.3 is 0 Å². The lowest BCUT2D eigenvalue weighted by Gasteiger charge is -2.00. The summed E-state index contributed by atoms with van der Waals surface area (Å²) in [7, 11) is 0. The van der Waals surface area contributed by atoms with Gasteiger partial charge in [-0.3, -0.25) is 9.48 Å². The number of benzene rings is 1. The molecule has 18 heavy (non-hydrogen) atoms. The molecule has 0 spiro atoms. The molecule has 94 valence electrons. The smallest absolute Gasteiger partial charge is 0.153 e. The first-order valence-corrected chi connectivity index (χ1v) is 6.01. The van der Waals surface area contributed by atoms with Crippen LogP contribution in [-0.4, -0.2) is 16.1 Å². The van der Waals surface area contributed by atoms with Crippen LogP contribution in [0.25, 0.3) is 11.3 Å². The molecule has 0 saturated carbocycles. The number of nitrogens with zero attached hydrogens (tertiary/aromatic N) is 2. The normalized spacial score (nSPS) is 10.6. The van der Waals surface area contributed by atoms with Crippen molar-refractivity contribution in [3.8, 4) is 11.3 Å². The van der Waals surface area contributed by atoms with Gasteiger partial charge in [0, 0.05) is 18.3 Å². The number of carbonyl (C=O) groups is 1. The first kappa shape index (κ1) is 12.8. The summed E-state index contributed by atoms with van der Waals surface area (Å²) < 4.78 is 15.1. The van der Waals surface area contributed by atoms with Crippen LogP contribution in [0, 0.1) is 5.82 Å². The van der Waals surface area contributed by atoms with E-state index in [2.05, 4.69) is 5.10 Å². The van der Waals surface area contributed by atoms with Crippen molar-refractivity contribution in [3.63, 3.8) is 0 Å². The van der Waals surface area contributed by atoms with Gasteiger partial charge in [-0.05, 0) is 18.6 Å². The van der Waals surface area contributed by atoms with Crippen molar-refractivity contribution in [3.05, 3.63) is 40.8 Å². The van der Waals surface area contributed by atoms with Crippen LogP contribution in [0.15, 0.2) is 24.4 Å². The minimum atomic E-state index is -0.518. The zero-order valence-electron chi connectivity index (χ0n) is 9.86. The van der Waals surface area contributed by atoms with E-state index >= 15 is 0 Å². The van der Waals surface area contributed by atoms with E-state index in [1.165, 1.54) is 12.1 Å². The van der Waals surface area contributed by atoms with Gasteiger partial charge in [-0.25, -0.2) is 4.39 Å². The molecule has 2 aromatic rings. The molecule has 0 aliphatic heterocycles. The van der Waals surface area contributed by atoms with Crippen LogP contribution in [-0.2, 0) is 6.54 Å². The Morgan fingerprint density at radius 2 is 2.28 bits per heavy atom. The number of carbonyl (C=O) groups excluding carboxylic acids is 1. The van der Waals surface area contributed by atoms with Crippen LogP contribution >= 0.6 is 11.6 Å². The van der Waals surface area contributed by atoms with Crippen LogP contribution in [0.1, 0.15) is 23.7 Å². The highest BCUT2D eigenvalue weighted by atomic mass is 35.5. The summed E-state index contributed by atoms with van der Waals surface area (Å²) in [5.74, 6) is -0.518. The fourth-order valence-electron chi connectivity index (χ4n) is 1.73. The molecule has 3 nitrogen and oxygen atoms in total. The van der Waals surface area contributed by atoms with Crippen LogP contribution in [0.3, 0.4) is 0 Å². The lowest BCUT2D eigenvalue weighted by molar-refractivity contribution is 0.112. The number of aryl methyl sites for hydroxylation is 1. The fraction of sp³-hybridized carbons (Fsp3) is 0.231. The maximum atomic E-state index is 13.4. The Hall–Kier alpha value is -1.68. The quantitative estimate of drug-likeness (QED) is 0.793.